The molecule has 0 fully saturated rings. The number of nitrogens with zero attached hydrogens (tertiary/aromatic N) is 1. The van der Waals surface area contributed by atoms with Crippen molar-refractivity contribution in [3.05, 3.63) is 22.2 Å². The van der Waals surface area contributed by atoms with Gasteiger partial charge in [-0.1, -0.05) is 0 Å². The van der Waals surface area contributed by atoms with E-state index in [4.69, 9.17) is 9.84 Å². The number of halogens is 2. The Bertz CT molecular complexity index is 581. The summed E-state index contributed by atoms with van der Waals surface area (Å²) in [7, 11) is 0. The summed E-state index contributed by atoms with van der Waals surface area (Å²) < 4.78 is 29.5. The first-order valence-electron chi connectivity index (χ1n) is 5.83. The Labute approximate surface area is 116 Å². The summed E-state index contributed by atoms with van der Waals surface area (Å²) in [5.74, 6) is -0.323. The van der Waals surface area contributed by atoms with Crippen molar-refractivity contribution in [2.24, 2.45) is 0 Å². The zero-order valence-corrected chi connectivity index (χ0v) is 10.5. The molecule has 0 bridgehead atoms. The molecule has 1 aliphatic rings. The lowest BCUT2D eigenvalue weighted by Crippen LogP contribution is -2.28. The molecule has 114 valence electrons. The van der Waals surface area contributed by atoms with Crippen LogP contribution in [-0.2, 0) is 4.79 Å². The number of benzene rings is 1. The Morgan fingerprint density at radius 3 is 2.86 bits per heavy atom. The van der Waals surface area contributed by atoms with Gasteiger partial charge < -0.3 is 20.5 Å². The van der Waals surface area contributed by atoms with Crippen LogP contribution in [0, 0.1) is 10.1 Å². The molecule has 1 unspecified atom stereocenters. The van der Waals surface area contributed by atoms with Gasteiger partial charge in [0.15, 0.2) is 12.4 Å². The molecule has 0 saturated heterocycles. The third-order valence-corrected chi connectivity index (χ3v) is 2.72. The maximum absolute atomic E-state index is 12.2. The van der Waals surface area contributed by atoms with Crippen molar-refractivity contribution in [2.45, 2.75) is 12.5 Å². The molecule has 0 spiro atoms. The molecule has 21 heavy (non-hydrogen) atoms. The lowest BCUT2D eigenvalue weighted by molar-refractivity contribution is -0.384. The number of nitro groups is 1. The Balaban J connectivity index is 2.28. The van der Waals surface area contributed by atoms with Gasteiger partial charge in [0.05, 0.1) is 16.7 Å². The summed E-state index contributed by atoms with van der Waals surface area (Å²) in [5, 5.41) is 24.8. The van der Waals surface area contributed by atoms with Gasteiger partial charge in [0, 0.05) is 6.54 Å². The SMILES string of the molecule is O=C1COc2cc([N+](=O)[O-])c(NCC(O)C(F)F)cc2N1. The smallest absolute Gasteiger partial charge is 0.296 e. The number of carbonyl (C=O) groups is 1. The third-order valence-electron chi connectivity index (χ3n) is 2.72. The van der Waals surface area contributed by atoms with Crippen molar-refractivity contribution >= 4 is 23.0 Å². The van der Waals surface area contributed by atoms with Gasteiger partial charge in [-0.2, -0.15) is 0 Å². The monoisotopic (exact) mass is 303 g/mol. The number of nitrogens with one attached hydrogen (secondary N) is 2. The number of alkyl halides is 2. The number of nitro benzene ring substituents is 1. The highest BCUT2D eigenvalue weighted by molar-refractivity contribution is 5.96. The van der Waals surface area contributed by atoms with E-state index in [9.17, 15) is 23.7 Å². The van der Waals surface area contributed by atoms with Crippen LogP contribution in [-0.4, -0.2) is 41.6 Å². The molecule has 0 aliphatic carbocycles. The predicted octanol–water partition coefficient (Wildman–Crippen LogP) is 0.964. The highest BCUT2D eigenvalue weighted by atomic mass is 19.3. The molecular weight excluding hydrogens is 292 g/mol. The fourth-order valence-corrected chi connectivity index (χ4v) is 1.71. The van der Waals surface area contributed by atoms with Gasteiger partial charge in [0.1, 0.15) is 11.8 Å². The van der Waals surface area contributed by atoms with Crippen LogP contribution in [0.1, 0.15) is 0 Å². The van der Waals surface area contributed by atoms with Crippen molar-refractivity contribution in [1.82, 2.24) is 0 Å². The number of hydrogen-bond donors (Lipinski definition) is 3. The zero-order chi connectivity index (χ0) is 15.6. The van der Waals surface area contributed by atoms with Gasteiger partial charge in [0.25, 0.3) is 18.0 Å². The van der Waals surface area contributed by atoms with Crippen LogP contribution in [0.25, 0.3) is 0 Å². The molecule has 1 heterocycles. The molecule has 0 radical (unpaired) electrons. The summed E-state index contributed by atoms with van der Waals surface area (Å²) >= 11 is 0. The average molecular weight is 303 g/mol. The molecule has 1 aromatic rings. The Kier molecular flexibility index (Phi) is 4.17. The topological polar surface area (TPSA) is 114 Å². The standard InChI is InChI=1S/C11H11F2N3O5/c12-11(13)8(17)3-14-5-1-6-9(2-7(5)16(19)20)21-4-10(18)15-6/h1-2,8,11,14,17H,3-4H2,(H,15,18). The minimum absolute atomic E-state index is 0.107. The van der Waals surface area contributed by atoms with Crippen molar-refractivity contribution < 1.29 is 28.3 Å². The molecule has 1 atom stereocenters. The van der Waals surface area contributed by atoms with E-state index < -0.39 is 35.6 Å². The first-order valence-corrected chi connectivity index (χ1v) is 5.83. The molecule has 3 N–H and O–H groups in total. The van der Waals surface area contributed by atoms with Crippen molar-refractivity contribution in [3.63, 3.8) is 0 Å². The first-order chi connectivity index (χ1) is 9.88. The van der Waals surface area contributed by atoms with Crippen LogP contribution >= 0.6 is 0 Å². The lowest BCUT2D eigenvalue weighted by atomic mass is 10.2. The van der Waals surface area contributed by atoms with Gasteiger partial charge in [-0.15, -0.1) is 0 Å². The average Bonchev–Trinajstić information content (AvgIpc) is 2.43. The van der Waals surface area contributed by atoms with E-state index in [1.807, 2.05) is 0 Å². The summed E-state index contributed by atoms with van der Waals surface area (Å²) in [6.45, 7) is -0.840. The van der Waals surface area contributed by atoms with E-state index in [1.54, 1.807) is 0 Å². The molecule has 0 saturated carbocycles. The molecule has 8 nitrogen and oxygen atoms in total. The van der Waals surface area contributed by atoms with Crippen molar-refractivity contribution in [2.75, 3.05) is 23.8 Å². The third kappa shape index (κ3) is 3.34. The highest BCUT2D eigenvalue weighted by Gasteiger charge is 2.25. The van der Waals surface area contributed by atoms with Crippen LogP contribution in [0.4, 0.5) is 25.8 Å². The summed E-state index contributed by atoms with van der Waals surface area (Å²) in [6.07, 6.45) is -4.94. The van der Waals surface area contributed by atoms with Crippen LogP contribution in [0.5, 0.6) is 5.75 Å². The lowest BCUT2D eigenvalue weighted by Gasteiger charge is -2.19. The van der Waals surface area contributed by atoms with E-state index in [1.165, 1.54) is 6.07 Å². The second-order valence-corrected chi connectivity index (χ2v) is 4.24. The van der Waals surface area contributed by atoms with Crippen LogP contribution < -0.4 is 15.4 Å². The molecule has 2 rings (SSSR count). The first kappa shape index (κ1) is 14.9. The van der Waals surface area contributed by atoms with E-state index in [0.29, 0.717) is 0 Å². The predicted molar refractivity (Wildman–Crippen MR) is 67.7 cm³/mol. The Morgan fingerprint density at radius 1 is 1.52 bits per heavy atom. The van der Waals surface area contributed by atoms with E-state index in [2.05, 4.69) is 10.6 Å². The normalized spacial score (nSPS) is 15.0. The number of anilines is 2. The maximum Gasteiger partial charge on any atom is 0.296 e. The van der Waals surface area contributed by atoms with Crippen LogP contribution in [0.15, 0.2) is 12.1 Å². The highest BCUT2D eigenvalue weighted by Crippen LogP contribution is 2.37. The fourth-order valence-electron chi connectivity index (χ4n) is 1.71. The number of aliphatic hydroxyl groups excluding tert-OH is 1. The van der Waals surface area contributed by atoms with E-state index in [-0.39, 0.29) is 23.7 Å². The van der Waals surface area contributed by atoms with Crippen LogP contribution in [0.3, 0.4) is 0 Å². The minimum atomic E-state index is -2.97. The molecular formula is C11H11F2N3O5. The largest absolute Gasteiger partial charge is 0.481 e. The number of amides is 1. The number of fused-ring (bicyclic) bond motifs is 1. The number of carbonyl (C=O) groups excluding carboxylic acids is 1. The summed E-state index contributed by atoms with van der Waals surface area (Å²) in [5.41, 5.74) is -0.332. The number of aliphatic hydroxyl groups is 1. The molecule has 1 aliphatic heterocycles. The van der Waals surface area contributed by atoms with Gasteiger partial charge in [-0.25, -0.2) is 8.78 Å². The molecule has 1 aromatic carbocycles. The zero-order valence-electron chi connectivity index (χ0n) is 10.5. The molecule has 1 amide bonds. The number of hydrogen-bond acceptors (Lipinski definition) is 6. The quantitative estimate of drug-likeness (QED) is 0.551. The van der Waals surface area contributed by atoms with Gasteiger partial charge in [-0.05, 0) is 6.07 Å². The summed E-state index contributed by atoms with van der Waals surface area (Å²) in [6, 6.07) is 2.27. The Morgan fingerprint density at radius 2 is 2.24 bits per heavy atom. The van der Waals surface area contributed by atoms with Gasteiger partial charge >= 0.3 is 0 Å². The Hall–Kier alpha value is -2.49. The number of ether oxygens (including phenoxy) is 1. The van der Waals surface area contributed by atoms with Crippen molar-refractivity contribution in [1.29, 1.82) is 0 Å². The minimum Gasteiger partial charge on any atom is -0.481 e. The van der Waals surface area contributed by atoms with E-state index in [0.717, 1.165) is 6.07 Å². The van der Waals surface area contributed by atoms with Gasteiger partial charge in [0.2, 0.25) is 0 Å². The molecule has 10 heteroatoms. The van der Waals surface area contributed by atoms with E-state index >= 15 is 0 Å². The second-order valence-electron chi connectivity index (χ2n) is 4.24. The summed E-state index contributed by atoms with van der Waals surface area (Å²) in [4.78, 5) is 21.4. The second kappa shape index (κ2) is 5.87. The van der Waals surface area contributed by atoms with Crippen molar-refractivity contribution in [3.8, 4) is 5.75 Å². The van der Waals surface area contributed by atoms with Crippen LogP contribution in [0.2, 0.25) is 0 Å². The van der Waals surface area contributed by atoms with Gasteiger partial charge in [-0.3, -0.25) is 14.9 Å². The number of rotatable bonds is 5. The fraction of sp³-hybridized carbons (Fsp3) is 0.364. The maximum atomic E-state index is 12.2. The molecule has 0 aromatic heterocycles.